The van der Waals surface area contributed by atoms with Crippen LogP contribution in [0.1, 0.15) is 51.1 Å². The maximum atomic E-state index is 5.95. The zero-order chi connectivity index (χ0) is 14.9. The highest BCUT2D eigenvalue weighted by molar-refractivity contribution is 5.30. The molecule has 0 aromatic heterocycles. The number of nitrogens with zero attached hydrogens (tertiary/aromatic N) is 1. The lowest BCUT2D eigenvalue weighted by atomic mass is 10.0. The van der Waals surface area contributed by atoms with Gasteiger partial charge in [0.15, 0.2) is 0 Å². The fraction of sp³-hybridized carbons (Fsp3) is 0.667. The Balaban J connectivity index is 1.82. The first-order valence-electron chi connectivity index (χ1n) is 8.52. The molecule has 2 rings (SSSR count). The fourth-order valence-electron chi connectivity index (χ4n) is 3.04. The Morgan fingerprint density at radius 2 is 2.00 bits per heavy atom. The molecule has 118 valence electrons. The summed E-state index contributed by atoms with van der Waals surface area (Å²) in [7, 11) is 0. The number of ether oxygens (including phenoxy) is 1. The molecule has 1 aromatic rings. The van der Waals surface area contributed by atoms with E-state index >= 15 is 0 Å². The van der Waals surface area contributed by atoms with E-state index in [1.54, 1.807) is 0 Å². The van der Waals surface area contributed by atoms with Crippen molar-refractivity contribution in [2.45, 2.75) is 45.6 Å². The molecule has 0 radical (unpaired) electrons. The molecule has 0 amide bonds. The van der Waals surface area contributed by atoms with Crippen molar-refractivity contribution in [3.8, 4) is 5.75 Å². The molecule has 0 spiro atoms. The van der Waals surface area contributed by atoms with E-state index in [-0.39, 0.29) is 0 Å². The van der Waals surface area contributed by atoms with E-state index in [2.05, 4.69) is 48.3 Å². The van der Waals surface area contributed by atoms with Crippen molar-refractivity contribution < 1.29 is 4.74 Å². The van der Waals surface area contributed by atoms with Gasteiger partial charge in [0.05, 0.1) is 0 Å². The Hall–Kier alpha value is -1.06. The number of rotatable bonds is 8. The van der Waals surface area contributed by atoms with E-state index in [0.29, 0.717) is 6.04 Å². The average Bonchev–Trinajstić information content (AvgIpc) is 2.54. The van der Waals surface area contributed by atoms with Crippen LogP contribution in [-0.4, -0.2) is 37.7 Å². The van der Waals surface area contributed by atoms with E-state index in [9.17, 15) is 0 Å². The van der Waals surface area contributed by atoms with Gasteiger partial charge in [0.25, 0.3) is 0 Å². The van der Waals surface area contributed by atoms with E-state index in [1.807, 2.05) is 0 Å². The zero-order valence-corrected chi connectivity index (χ0v) is 13.6. The van der Waals surface area contributed by atoms with Crippen LogP contribution in [0.25, 0.3) is 0 Å². The first-order chi connectivity index (χ1) is 10.3. The summed E-state index contributed by atoms with van der Waals surface area (Å²) in [6.45, 7) is 9.69. The average molecular weight is 290 g/mol. The molecule has 1 heterocycles. The standard InChI is InChI=1S/C18H30N2O/c1-3-18(19-4-2)16-9-8-10-17(15-16)21-14-13-20-11-6-5-7-12-20/h8-10,15,18-19H,3-7,11-14H2,1-2H3. The van der Waals surface area contributed by atoms with E-state index in [4.69, 9.17) is 4.74 Å². The number of piperidine rings is 1. The summed E-state index contributed by atoms with van der Waals surface area (Å²) in [5.74, 6) is 1.00. The second-order valence-electron chi connectivity index (χ2n) is 5.84. The summed E-state index contributed by atoms with van der Waals surface area (Å²) >= 11 is 0. The second kappa shape index (κ2) is 9.06. The molecular weight excluding hydrogens is 260 g/mol. The van der Waals surface area contributed by atoms with Gasteiger partial charge in [-0.25, -0.2) is 0 Å². The third kappa shape index (κ3) is 5.33. The Bertz CT molecular complexity index is 402. The van der Waals surface area contributed by atoms with Gasteiger partial charge in [-0.3, -0.25) is 4.90 Å². The number of benzene rings is 1. The minimum Gasteiger partial charge on any atom is -0.492 e. The summed E-state index contributed by atoms with van der Waals surface area (Å²) in [6, 6.07) is 8.98. The predicted octanol–water partition coefficient (Wildman–Crippen LogP) is 3.61. The Morgan fingerprint density at radius 1 is 1.19 bits per heavy atom. The van der Waals surface area contributed by atoms with Crippen molar-refractivity contribution in [3.05, 3.63) is 29.8 Å². The van der Waals surface area contributed by atoms with Crippen LogP contribution in [0.3, 0.4) is 0 Å². The van der Waals surface area contributed by atoms with Crippen molar-refractivity contribution in [1.82, 2.24) is 10.2 Å². The molecule has 0 bridgehead atoms. The summed E-state index contributed by atoms with van der Waals surface area (Å²) in [6.07, 6.45) is 5.18. The number of hydrogen-bond donors (Lipinski definition) is 1. The molecule has 21 heavy (non-hydrogen) atoms. The maximum absolute atomic E-state index is 5.95. The number of nitrogens with one attached hydrogen (secondary N) is 1. The highest BCUT2D eigenvalue weighted by Gasteiger charge is 2.11. The lowest BCUT2D eigenvalue weighted by molar-refractivity contribution is 0.183. The van der Waals surface area contributed by atoms with Gasteiger partial charge in [-0.05, 0) is 56.6 Å². The van der Waals surface area contributed by atoms with Gasteiger partial charge >= 0.3 is 0 Å². The van der Waals surface area contributed by atoms with Crippen LogP contribution < -0.4 is 10.1 Å². The fourth-order valence-corrected chi connectivity index (χ4v) is 3.04. The summed E-state index contributed by atoms with van der Waals surface area (Å²) in [4.78, 5) is 2.51. The monoisotopic (exact) mass is 290 g/mol. The second-order valence-corrected chi connectivity index (χ2v) is 5.84. The highest BCUT2D eigenvalue weighted by atomic mass is 16.5. The topological polar surface area (TPSA) is 24.5 Å². The molecule has 1 saturated heterocycles. The zero-order valence-electron chi connectivity index (χ0n) is 13.6. The van der Waals surface area contributed by atoms with Crippen molar-refractivity contribution in [1.29, 1.82) is 0 Å². The van der Waals surface area contributed by atoms with Gasteiger partial charge in [-0.1, -0.05) is 32.4 Å². The third-order valence-corrected chi connectivity index (χ3v) is 4.24. The third-order valence-electron chi connectivity index (χ3n) is 4.24. The minimum absolute atomic E-state index is 0.431. The molecule has 1 unspecified atom stereocenters. The van der Waals surface area contributed by atoms with Crippen molar-refractivity contribution in [2.75, 3.05) is 32.8 Å². The summed E-state index contributed by atoms with van der Waals surface area (Å²) in [5, 5.41) is 3.52. The van der Waals surface area contributed by atoms with Crippen LogP contribution in [0, 0.1) is 0 Å². The van der Waals surface area contributed by atoms with Crippen LogP contribution in [-0.2, 0) is 0 Å². The highest BCUT2D eigenvalue weighted by Crippen LogP contribution is 2.21. The Morgan fingerprint density at radius 3 is 2.71 bits per heavy atom. The Labute approximate surface area is 129 Å². The molecule has 1 aromatic carbocycles. The van der Waals surface area contributed by atoms with Crippen LogP contribution >= 0.6 is 0 Å². The quantitative estimate of drug-likeness (QED) is 0.791. The van der Waals surface area contributed by atoms with Gasteiger partial charge in [0.1, 0.15) is 12.4 Å². The molecule has 0 saturated carbocycles. The SMILES string of the molecule is CCNC(CC)c1cccc(OCCN2CCCCC2)c1. The summed E-state index contributed by atoms with van der Waals surface area (Å²) < 4.78 is 5.95. The molecule has 1 atom stereocenters. The van der Waals surface area contributed by atoms with Gasteiger partial charge in [0, 0.05) is 12.6 Å². The van der Waals surface area contributed by atoms with Crippen LogP contribution in [0.5, 0.6) is 5.75 Å². The van der Waals surface area contributed by atoms with Gasteiger partial charge in [-0.2, -0.15) is 0 Å². The molecule has 1 N–H and O–H groups in total. The van der Waals surface area contributed by atoms with Crippen LogP contribution in [0.15, 0.2) is 24.3 Å². The molecule has 1 aliphatic rings. The van der Waals surface area contributed by atoms with Crippen molar-refractivity contribution >= 4 is 0 Å². The molecule has 3 heteroatoms. The van der Waals surface area contributed by atoms with Crippen molar-refractivity contribution in [2.24, 2.45) is 0 Å². The van der Waals surface area contributed by atoms with Crippen molar-refractivity contribution in [3.63, 3.8) is 0 Å². The molecule has 1 fully saturated rings. The van der Waals surface area contributed by atoms with Crippen LogP contribution in [0.4, 0.5) is 0 Å². The maximum Gasteiger partial charge on any atom is 0.119 e. The number of hydrogen-bond acceptors (Lipinski definition) is 3. The Kier molecular flexibility index (Phi) is 7.04. The largest absolute Gasteiger partial charge is 0.492 e. The van der Waals surface area contributed by atoms with E-state index < -0.39 is 0 Å². The first-order valence-corrected chi connectivity index (χ1v) is 8.52. The van der Waals surface area contributed by atoms with Gasteiger partial charge in [0.2, 0.25) is 0 Å². The minimum atomic E-state index is 0.431. The molecular formula is C18H30N2O. The summed E-state index contributed by atoms with van der Waals surface area (Å²) in [5.41, 5.74) is 1.33. The molecule has 1 aliphatic heterocycles. The lowest BCUT2D eigenvalue weighted by Gasteiger charge is -2.26. The predicted molar refractivity (Wildman–Crippen MR) is 88.9 cm³/mol. The smallest absolute Gasteiger partial charge is 0.119 e. The van der Waals surface area contributed by atoms with E-state index in [1.165, 1.54) is 37.9 Å². The first kappa shape index (κ1) is 16.3. The van der Waals surface area contributed by atoms with E-state index in [0.717, 1.165) is 31.9 Å². The normalized spacial score (nSPS) is 17.6. The van der Waals surface area contributed by atoms with Gasteiger partial charge < -0.3 is 10.1 Å². The molecule has 3 nitrogen and oxygen atoms in total. The van der Waals surface area contributed by atoms with Crippen LogP contribution in [0.2, 0.25) is 0 Å². The lowest BCUT2D eigenvalue weighted by Crippen LogP contribution is -2.33. The number of likely N-dealkylation sites (tertiary alicyclic amines) is 1. The van der Waals surface area contributed by atoms with Gasteiger partial charge in [-0.15, -0.1) is 0 Å². The molecule has 0 aliphatic carbocycles.